The van der Waals surface area contributed by atoms with Crippen LogP contribution in [0.2, 0.25) is 5.02 Å². The van der Waals surface area contributed by atoms with Gasteiger partial charge in [0.15, 0.2) is 0 Å². The van der Waals surface area contributed by atoms with Gasteiger partial charge in [-0.15, -0.1) is 0 Å². The van der Waals surface area contributed by atoms with Crippen LogP contribution >= 0.6 is 11.6 Å². The molecule has 0 aliphatic heterocycles. The number of aromatic nitrogens is 1. The highest BCUT2D eigenvalue weighted by atomic mass is 35.5. The van der Waals surface area contributed by atoms with Crippen molar-refractivity contribution in [3.8, 4) is 0 Å². The molecule has 0 saturated heterocycles. The zero-order chi connectivity index (χ0) is 13.1. The molecule has 1 saturated carbocycles. The lowest BCUT2D eigenvalue weighted by atomic mass is 10.2. The Balaban J connectivity index is 1.56. The summed E-state index contributed by atoms with van der Waals surface area (Å²) in [6.45, 7) is 2.14. The van der Waals surface area contributed by atoms with Gasteiger partial charge in [0.05, 0.1) is 10.5 Å². The topological polar surface area (TPSA) is 17.0 Å². The van der Waals surface area contributed by atoms with Crippen molar-refractivity contribution >= 4 is 22.5 Å². The molecule has 19 heavy (non-hydrogen) atoms. The Morgan fingerprint density at radius 2 is 2.05 bits per heavy atom. The summed E-state index contributed by atoms with van der Waals surface area (Å²) < 4.78 is 2.27. The predicted molar refractivity (Wildman–Crippen MR) is 81.8 cm³/mol. The number of para-hydroxylation sites is 1. The summed E-state index contributed by atoms with van der Waals surface area (Å²) in [5.41, 5.74) is 1.17. The minimum atomic E-state index is 0.769. The molecule has 1 aromatic heterocycles. The van der Waals surface area contributed by atoms with E-state index >= 15 is 0 Å². The summed E-state index contributed by atoms with van der Waals surface area (Å²) in [4.78, 5) is 0. The summed E-state index contributed by atoms with van der Waals surface area (Å²) in [6, 6.07) is 9.01. The van der Waals surface area contributed by atoms with E-state index in [4.69, 9.17) is 11.6 Å². The Kier molecular flexibility index (Phi) is 4.09. The van der Waals surface area contributed by atoms with Crippen molar-refractivity contribution in [3.63, 3.8) is 0 Å². The number of nitrogens with zero attached hydrogens (tertiary/aromatic N) is 1. The molecule has 0 amide bonds. The molecule has 1 fully saturated rings. The fourth-order valence-corrected chi connectivity index (χ4v) is 3.38. The molecule has 1 aliphatic carbocycles. The Hall–Kier alpha value is -0.990. The van der Waals surface area contributed by atoms with E-state index in [1.807, 2.05) is 12.1 Å². The number of hydrogen-bond donors (Lipinski definition) is 1. The first-order valence-electron chi connectivity index (χ1n) is 7.31. The average Bonchev–Trinajstić information content (AvgIpc) is 3.05. The SMILES string of the molecule is Clc1cccc2ccn(CCCNC3CCCC3)c12. The number of nitrogens with one attached hydrogen (secondary N) is 1. The molecule has 1 N–H and O–H groups in total. The van der Waals surface area contributed by atoms with Crippen molar-refractivity contribution in [2.24, 2.45) is 0 Å². The number of hydrogen-bond acceptors (Lipinski definition) is 1. The van der Waals surface area contributed by atoms with Crippen LogP contribution in [0.4, 0.5) is 0 Å². The van der Waals surface area contributed by atoms with Crippen LogP contribution in [-0.2, 0) is 6.54 Å². The van der Waals surface area contributed by atoms with Gasteiger partial charge in [0.1, 0.15) is 0 Å². The third kappa shape index (κ3) is 2.96. The van der Waals surface area contributed by atoms with Crippen molar-refractivity contribution in [2.75, 3.05) is 6.54 Å². The maximum Gasteiger partial charge on any atom is 0.0669 e. The average molecular weight is 277 g/mol. The van der Waals surface area contributed by atoms with Crippen LogP contribution in [0.5, 0.6) is 0 Å². The summed E-state index contributed by atoms with van der Waals surface area (Å²) in [5, 5.41) is 5.75. The van der Waals surface area contributed by atoms with E-state index in [0.29, 0.717) is 0 Å². The first-order chi connectivity index (χ1) is 9.34. The first kappa shape index (κ1) is 13.0. The van der Waals surface area contributed by atoms with Crippen LogP contribution < -0.4 is 5.32 Å². The van der Waals surface area contributed by atoms with Gasteiger partial charge in [-0.05, 0) is 37.9 Å². The zero-order valence-corrected chi connectivity index (χ0v) is 12.0. The number of fused-ring (bicyclic) bond motifs is 1. The second kappa shape index (κ2) is 5.98. The summed E-state index contributed by atoms with van der Waals surface area (Å²) in [7, 11) is 0. The molecule has 1 aromatic carbocycles. The predicted octanol–water partition coefficient (Wildman–Crippen LogP) is 4.22. The van der Waals surface area contributed by atoms with Crippen molar-refractivity contribution in [2.45, 2.75) is 44.7 Å². The van der Waals surface area contributed by atoms with Crippen molar-refractivity contribution < 1.29 is 0 Å². The van der Waals surface area contributed by atoms with Gasteiger partial charge in [-0.3, -0.25) is 0 Å². The standard InChI is InChI=1S/C16H21ClN2/c17-15-8-3-5-13-9-12-19(16(13)15)11-4-10-18-14-6-1-2-7-14/h3,5,8-9,12,14,18H,1-2,4,6-7,10-11H2. The highest BCUT2D eigenvalue weighted by Crippen LogP contribution is 2.24. The molecule has 0 atom stereocenters. The first-order valence-corrected chi connectivity index (χ1v) is 7.69. The molecule has 0 spiro atoms. The van der Waals surface area contributed by atoms with Gasteiger partial charge in [0, 0.05) is 24.2 Å². The van der Waals surface area contributed by atoms with Crippen molar-refractivity contribution in [1.82, 2.24) is 9.88 Å². The van der Waals surface area contributed by atoms with E-state index in [2.05, 4.69) is 28.2 Å². The van der Waals surface area contributed by atoms with Crippen molar-refractivity contribution in [3.05, 3.63) is 35.5 Å². The van der Waals surface area contributed by atoms with Crippen molar-refractivity contribution in [1.29, 1.82) is 0 Å². The summed E-state index contributed by atoms with van der Waals surface area (Å²) >= 11 is 6.28. The van der Waals surface area contributed by atoms with E-state index in [1.54, 1.807) is 0 Å². The van der Waals surface area contributed by atoms with Gasteiger partial charge < -0.3 is 9.88 Å². The number of halogens is 1. The van der Waals surface area contributed by atoms with E-state index in [0.717, 1.165) is 30.6 Å². The van der Waals surface area contributed by atoms with Gasteiger partial charge >= 0.3 is 0 Å². The minimum Gasteiger partial charge on any atom is -0.346 e. The number of rotatable bonds is 5. The second-order valence-corrected chi connectivity index (χ2v) is 5.88. The molecule has 3 rings (SSSR count). The van der Waals surface area contributed by atoms with E-state index < -0.39 is 0 Å². The lowest BCUT2D eigenvalue weighted by Gasteiger charge is -2.12. The Morgan fingerprint density at radius 3 is 2.89 bits per heavy atom. The third-order valence-electron chi connectivity index (χ3n) is 4.10. The molecular formula is C16H21ClN2. The van der Waals surface area contributed by atoms with Gasteiger partial charge in [0.25, 0.3) is 0 Å². The lowest BCUT2D eigenvalue weighted by molar-refractivity contribution is 0.498. The third-order valence-corrected chi connectivity index (χ3v) is 4.41. The highest BCUT2D eigenvalue weighted by Gasteiger charge is 2.13. The van der Waals surface area contributed by atoms with Crippen LogP contribution in [0, 0.1) is 0 Å². The van der Waals surface area contributed by atoms with Crippen LogP contribution in [0.25, 0.3) is 10.9 Å². The zero-order valence-electron chi connectivity index (χ0n) is 11.2. The van der Waals surface area contributed by atoms with Gasteiger partial charge in [-0.25, -0.2) is 0 Å². The fourth-order valence-electron chi connectivity index (χ4n) is 3.09. The molecule has 0 unspecified atom stereocenters. The quantitative estimate of drug-likeness (QED) is 0.809. The summed E-state index contributed by atoms with van der Waals surface area (Å²) in [5.74, 6) is 0. The van der Waals surface area contributed by atoms with Gasteiger partial charge in [0.2, 0.25) is 0 Å². The largest absolute Gasteiger partial charge is 0.346 e. The normalized spacial score (nSPS) is 16.5. The molecule has 0 radical (unpaired) electrons. The second-order valence-electron chi connectivity index (χ2n) is 5.48. The monoisotopic (exact) mass is 276 g/mol. The Bertz CT molecular complexity index is 541. The maximum atomic E-state index is 6.28. The fraction of sp³-hybridized carbons (Fsp3) is 0.500. The molecule has 2 nitrogen and oxygen atoms in total. The van der Waals surface area contributed by atoms with E-state index in [-0.39, 0.29) is 0 Å². The number of benzene rings is 1. The Labute approximate surface area is 119 Å². The molecule has 102 valence electrons. The molecule has 3 heteroatoms. The summed E-state index contributed by atoms with van der Waals surface area (Å²) in [6.07, 6.45) is 8.82. The van der Waals surface area contributed by atoms with Crippen LogP contribution in [0.3, 0.4) is 0 Å². The van der Waals surface area contributed by atoms with E-state index in [9.17, 15) is 0 Å². The molecule has 0 bridgehead atoms. The molecule has 1 heterocycles. The molecule has 2 aromatic rings. The molecular weight excluding hydrogens is 256 g/mol. The smallest absolute Gasteiger partial charge is 0.0669 e. The minimum absolute atomic E-state index is 0.769. The van der Waals surface area contributed by atoms with Crippen LogP contribution in [0.1, 0.15) is 32.1 Å². The number of aryl methyl sites for hydroxylation is 1. The van der Waals surface area contributed by atoms with E-state index in [1.165, 1.54) is 36.6 Å². The van der Waals surface area contributed by atoms with Gasteiger partial charge in [-0.2, -0.15) is 0 Å². The highest BCUT2D eigenvalue weighted by molar-refractivity contribution is 6.35. The lowest BCUT2D eigenvalue weighted by Crippen LogP contribution is -2.27. The Morgan fingerprint density at radius 1 is 1.21 bits per heavy atom. The van der Waals surface area contributed by atoms with Crippen LogP contribution in [0.15, 0.2) is 30.5 Å². The van der Waals surface area contributed by atoms with Crippen LogP contribution in [-0.4, -0.2) is 17.2 Å². The molecule has 1 aliphatic rings. The van der Waals surface area contributed by atoms with Gasteiger partial charge in [-0.1, -0.05) is 36.6 Å². The maximum absolute atomic E-state index is 6.28.